The molecule has 1 saturated heterocycles. The summed E-state index contributed by atoms with van der Waals surface area (Å²) in [5, 5.41) is 8.31. The van der Waals surface area contributed by atoms with Crippen LogP contribution in [0.25, 0.3) is 11.2 Å². The van der Waals surface area contributed by atoms with Gasteiger partial charge in [-0.15, -0.1) is 0 Å². The number of anilines is 1. The lowest BCUT2D eigenvalue weighted by molar-refractivity contribution is -0.0149. The van der Waals surface area contributed by atoms with Crippen molar-refractivity contribution in [1.82, 2.24) is 19.5 Å². The van der Waals surface area contributed by atoms with E-state index in [0.717, 1.165) is 12.4 Å². The minimum absolute atomic E-state index is 0.0921. The molecule has 0 unspecified atom stereocenters. The van der Waals surface area contributed by atoms with Gasteiger partial charge in [0.2, 0.25) is 0 Å². The van der Waals surface area contributed by atoms with Gasteiger partial charge in [-0.1, -0.05) is 19.3 Å². The number of rotatable bonds is 7. The Morgan fingerprint density at radius 2 is 2.00 bits per heavy atom. The van der Waals surface area contributed by atoms with Gasteiger partial charge in [-0.25, -0.2) is 20.1 Å². The van der Waals surface area contributed by atoms with E-state index in [9.17, 15) is 8.42 Å². The number of imidazole rings is 1. The summed E-state index contributed by atoms with van der Waals surface area (Å²) in [7, 11) is -3.97. The van der Waals surface area contributed by atoms with Gasteiger partial charge in [-0.05, 0) is 31.6 Å². The van der Waals surface area contributed by atoms with Crippen molar-refractivity contribution in [3.05, 3.63) is 12.7 Å². The van der Waals surface area contributed by atoms with Crippen LogP contribution in [0.2, 0.25) is 0 Å². The van der Waals surface area contributed by atoms with Crippen LogP contribution in [-0.4, -0.2) is 47.2 Å². The third-order valence-corrected chi connectivity index (χ3v) is 5.92. The van der Waals surface area contributed by atoms with Crippen LogP contribution < -0.4 is 10.5 Å². The second-order valence-electron chi connectivity index (χ2n) is 7.50. The highest BCUT2D eigenvalue weighted by Crippen LogP contribution is 2.32. The zero-order valence-corrected chi connectivity index (χ0v) is 16.5. The van der Waals surface area contributed by atoms with Gasteiger partial charge in [0.1, 0.15) is 12.6 Å². The van der Waals surface area contributed by atoms with E-state index in [1.165, 1.54) is 38.4 Å². The molecule has 3 N–H and O–H groups in total. The van der Waals surface area contributed by atoms with Gasteiger partial charge in [0.15, 0.2) is 17.0 Å². The summed E-state index contributed by atoms with van der Waals surface area (Å²) in [6.45, 7) is 0.803. The molecule has 11 heteroatoms. The Hall–Kier alpha value is -1.82. The Morgan fingerprint density at radius 1 is 1.18 bits per heavy atom. The average Bonchev–Trinajstić information content (AvgIpc) is 3.32. The fraction of sp³-hybridized carbons (Fsp3) is 0.706. The standard InChI is InChI=1S/C17H26N6O4S/c18-28(24,25)26-9-13-6-7-14(27-13)23-11-22-15-16(20-10-21-17(15)23)19-8-12-4-2-1-3-5-12/h10-14H,1-9H2,(H2,18,24,25)(H,19,20,21)/t13-,14+/m0/s1. The largest absolute Gasteiger partial charge is 0.368 e. The number of nitrogens with two attached hydrogens (primary N) is 1. The summed E-state index contributed by atoms with van der Waals surface area (Å²) in [6, 6.07) is 0. The number of aromatic nitrogens is 4. The number of nitrogens with one attached hydrogen (secondary N) is 1. The molecule has 1 aliphatic heterocycles. The molecule has 2 aromatic heterocycles. The topological polar surface area (TPSA) is 134 Å². The van der Waals surface area contributed by atoms with Crippen LogP contribution in [0.15, 0.2) is 12.7 Å². The lowest BCUT2D eigenvalue weighted by Gasteiger charge is -2.22. The van der Waals surface area contributed by atoms with E-state index >= 15 is 0 Å². The van der Waals surface area contributed by atoms with Crippen molar-refractivity contribution in [3.63, 3.8) is 0 Å². The van der Waals surface area contributed by atoms with Gasteiger partial charge in [0.25, 0.3) is 0 Å². The van der Waals surface area contributed by atoms with Crippen LogP contribution in [0.3, 0.4) is 0 Å². The van der Waals surface area contributed by atoms with Gasteiger partial charge in [-0.2, -0.15) is 8.42 Å². The summed E-state index contributed by atoms with van der Waals surface area (Å²) in [5.74, 6) is 1.42. The summed E-state index contributed by atoms with van der Waals surface area (Å²) in [5.41, 5.74) is 1.41. The van der Waals surface area contributed by atoms with Crippen molar-refractivity contribution in [1.29, 1.82) is 0 Å². The summed E-state index contributed by atoms with van der Waals surface area (Å²) < 4.78 is 34.3. The zero-order chi connectivity index (χ0) is 19.6. The fourth-order valence-corrected chi connectivity index (χ4v) is 4.35. The van der Waals surface area contributed by atoms with Crippen molar-refractivity contribution in [2.75, 3.05) is 18.5 Å². The van der Waals surface area contributed by atoms with Gasteiger partial charge < -0.3 is 10.1 Å². The molecular weight excluding hydrogens is 384 g/mol. The molecule has 10 nitrogen and oxygen atoms in total. The molecule has 1 saturated carbocycles. The smallest absolute Gasteiger partial charge is 0.333 e. The molecule has 154 valence electrons. The Labute approximate surface area is 164 Å². The average molecular weight is 411 g/mol. The minimum Gasteiger partial charge on any atom is -0.368 e. The molecule has 0 radical (unpaired) electrons. The first-order valence-corrected chi connectivity index (χ1v) is 11.2. The van der Waals surface area contributed by atoms with Crippen molar-refractivity contribution < 1.29 is 17.3 Å². The van der Waals surface area contributed by atoms with Gasteiger partial charge in [0.05, 0.1) is 19.0 Å². The lowest BCUT2D eigenvalue weighted by Crippen LogP contribution is -2.23. The van der Waals surface area contributed by atoms with Gasteiger partial charge in [-0.3, -0.25) is 8.75 Å². The van der Waals surface area contributed by atoms with Crippen molar-refractivity contribution in [2.45, 2.75) is 57.3 Å². The summed E-state index contributed by atoms with van der Waals surface area (Å²) >= 11 is 0. The second-order valence-corrected chi connectivity index (χ2v) is 8.72. The third-order valence-electron chi connectivity index (χ3n) is 5.46. The summed E-state index contributed by atoms with van der Waals surface area (Å²) in [6.07, 6.45) is 10.4. The maximum absolute atomic E-state index is 10.9. The van der Waals surface area contributed by atoms with Crippen molar-refractivity contribution in [3.8, 4) is 0 Å². The van der Waals surface area contributed by atoms with Crippen LogP contribution in [0.4, 0.5) is 5.82 Å². The number of hydrogen-bond acceptors (Lipinski definition) is 8. The maximum atomic E-state index is 10.9. The second kappa shape index (κ2) is 8.27. The minimum atomic E-state index is -3.97. The van der Waals surface area contributed by atoms with E-state index in [1.807, 2.05) is 4.57 Å². The van der Waals surface area contributed by atoms with Crippen LogP contribution in [-0.2, 0) is 19.2 Å². The normalized spacial score (nSPS) is 24.0. The first-order valence-electron chi connectivity index (χ1n) is 9.73. The predicted molar refractivity (Wildman–Crippen MR) is 103 cm³/mol. The van der Waals surface area contributed by atoms with E-state index in [0.29, 0.717) is 29.9 Å². The zero-order valence-electron chi connectivity index (χ0n) is 15.7. The van der Waals surface area contributed by atoms with Crippen molar-refractivity contribution in [2.24, 2.45) is 11.1 Å². The highest BCUT2D eigenvalue weighted by Gasteiger charge is 2.29. The molecule has 0 amide bonds. The first kappa shape index (κ1) is 19.5. The van der Waals surface area contributed by atoms with E-state index in [-0.39, 0.29) is 18.9 Å². The van der Waals surface area contributed by atoms with Crippen molar-refractivity contribution >= 4 is 27.3 Å². The highest BCUT2D eigenvalue weighted by atomic mass is 32.2. The maximum Gasteiger partial charge on any atom is 0.333 e. The van der Waals surface area contributed by atoms with E-state index < -0.39 is 10.3 Å². The molecule has 0 aromatic carbocycles. The highest BCUT2D eigenvalue weighted by molar-refractivity contribution is 7.84. The van der Waals surface area contributed by atoms with E-state index in [4.69, 9.17) is 9.88 Å². The Morgan fingerprint density at radius 3 is 2.79 bits per heavy atom. The number of ether oxygens (including phenoxy) is 1. The van der Waals surface area contributed by atoms with Gasteiger partial charge >= 0.3 is 10.3 Å². The van der Waals surface area contributed by atoms with Crippen LogP contribution in [0, 0.1) is 5.92 Å². The molecular formula is C17H26N6O4S. The molecule has 0 bridgehead atoms. The molecule has 1 aliphatic carbocycles. The Bertz CT molecular complexity index is 912. The number of fused-ring (bicyclic) bond motifs is 1. The summed E-state index contributed by atoms with van der Waals surface area (Å²) in [4.78, 5) is 13.2. The van der Waals surface area contributed by atoms with E-state index in [1.54, 1.807) is 6.33 Å². The lowest BCUT2D eigenvalue weighted by atomic mass is 9.89. The van der Waals surface area contributed by atoms with Crippen LogP contribution >= 0.6 is 0 Å². The molecule has 0 spiro atoms. The molecule has 4 rings (SSSR count). The fourth-order valence-electron chi connectivity index (χ4n) is 4.01. The first-order chi connectivity index (χ1) is 13.5. The monoisotopic (exact) mass is 410 g/mol. The Balaban J connectivity index is 1.43. The number of hydrogen-bond donors (Lipinski definition) is 2. The molecule has 2 aliphatic rings. The predicted octanol–water partition coefficient (Wildman–Crippen LogP) is 1.72. The van der Waals surface area contributed by atoms with Crippen LogP contribution in [0.1, 0.15) is 51.2 Å². The molecule has 2 aromatic rings. The molecule has 28 heavy (non-hydrogen) atoms. The quantitative estimate of drug-likeness (QED) is 0.704. The van der Waals surface area contributed by atoms with Gasteiger partial charge in [0, 0.05) is 6.54 Å². The molecule has 3 heterocycles. The van der Waals surface area contributed by atoms with Crippen LogP contribution in [0.5, 0.6) is 0 Å². The SMILES string of the molecule is NS(=O)(=O)OC[C@@H]1CC[C@H](n2cnc3c(NCC4CCCCC4)ncnc32)O1. The third kappa shape index (κ3) is 4.59. The molecule has 2 atom stereocenters. The molecule has 2 fully saturated rings. The Kier molecular flexibility index (Phi) is 5.76. The van der Waals surface area contributed by atoms with E-state index in [2.05, 4.69) is 24.5 Å². The number of nitrogens with zero attached hydrogens (tertiary/aromatic N) is 4.